The van der Waals surface area contributed by atoms with E-state index in [-0.39, 0.29) is 5.91 Å². The number of nitrogens with two attached hydrogens (primary N) is 1. The van der Waals surface area contributed by atoms with Crippen LogP contribution in [-0.4, -0.2) is 20.9 Å². The summed E-state index contributed by atoms with van der Waals surface area (Å²) in [4.78, 5) is 10.6. The van der Waals surface area contributed by atoms with E-state index in [2.05, 4.69) is 5.82 Å². The number of carbonyl (C=O) groups is 1. The molecule has 0 bridgehead atoms. The molecule has 2 nitrogen and oxygen atoms in total. The van der Waals surface area contributed by atoms with Crippen molar-refractivity contribution >= 4 is 25.3 Å². The van der Waals surface area contributed by atoms with Crippen molar-refractivity contribution < 1.29 is 4.79 Å². The Hall–Kier alpha value is -0.791. The van der Waals surface area contributed by atoms with Crippen LogP contribution in [0.15, 0.2) is 24.3 Å². The van der Waals surface area contributed by atoms with Crippen molar-refractivity contribution in [3.63, 3.8) is 0 Å². The second-order valence-corrected chi connectivity index (χ2v) is 3.94. The Labute approximate surface area is 71.9 Å². The summed E-state index contributed by atoms with van der Waals surface area (Å²) in [5, 5.41) is 0. The van der Waals surface area contributed by atoms with Gasteiger partial charge < -0.3 is 0 Å². The average Bonchev–Trinajstić information content (AvgIpc) is 2.05. The quantitative estimate of drug-likeness (QED) is 0.700. The first-order chi connectivity index (χ1) is 5.24. The Morgan fingerprint density at radius 3 is 2.27 bits per heavy atom. The molecule has 0 aliphatic heterocycles. The van der Waals surface area contributed by atoms with Gasteiger partial charge in [-0.3, -0.25) is 0 Å². The second-order valence-electron chi connectivity index (χ2n) is 2.09. The van der Waals surface area contributed by atoms with E-state index in [4.69, 9.17) is 5.73 Å². The zero-order chi connectivity index (χ0) is 8.27. The number of carbonyl (C=O) groups excluding carboxylic acids is 1. The fourth-order valence-electron chi connectivity index (χ4n) is 0.755. The van der Waals surface area contributed by atoms with Gasteiger partial charge in [0, 0.05) is 0 Å². The van der Waals surface area contributed by atoms with Crippen LogP contribution in [0.5, 0.6) is 0 Å². The van der Waals surface area contributed by atoms with Gasteiger partial charge in [0.25, 0.3) is 0 Å². The molecule has 0 unspecified atom stereocenters. The summed E-state index contributed by atoms with van der Waals surface area (Å²) < 4.78 is 1.28. The third kappa shape index (κ3) is 2.07. The summed E-state index contributed by atoms with van der Waals surface area (Å²) in [6.07, 6.45) is 0. The standard InChI is InChI=1S/C8H9NOSe/c1-11-7-4-2-6(3-5-7)8(9)10/h2-5H,1H3,(H2,9,10). The molecule has 11 heavy (non-hydrogen) atoms. The number of amides is 1. The first-order valence-electron chi connectivity index (χ1n) is 3.18. The molecular weight excluding hydrogens is 205 g/mol. The van der Waals surface area contributed by atoms with Gasteiger partial charge in [-0.25, -0.2) is 0 Å². The van der Waals surface area contributed by atoms with Crippen LogP contribution in [0.25, 0.3) is 0 Å². The molecule has 1 amide bonds. The predicted molar refractivity (Wildman–Crippen MR) is 46.2 cm³/mol. The van der Waals surface area contributed by atoms with Crippen LogP contribution < -0.4 is 10.2 Å². The Kier molecular flexibility index (Phi) is 2.69. The van der Waals surface area contributed by atoms with Gasteiger partial charge in [-0.1, -0.05) is 0 Å². The van der Waals surface area contributed by atoms with Gasteiger partial charge in [0.2, 0.25) is 0 Å². The molecule has 0 spiro atoms. The molecule has 0 aliphatic rings. The fourth-order valence-corrected chi connectivity index (χ4v) is 1.61. The van der Waals surface area contributed by atoms with Gasteiger partial charge in [-0.15, -0.1) is 0 Å². The van der Waals surface area contributed by atoms with Gasteiger partial charge >= 0.3 is 71.5 Å². The van der Waals surface area contributed by atoms with Crippen LogP contribution in [0.3, 0.4) is 0 Å². The first kappa shape index (κ1) is 8.31. The summed E-state index contributed by atoms with van der Waals surface area (Å²) in [7, 11) is 0. The monoisotopic (exact) mass is 215 g/mol. The topological polar surface area (TPSA) is 43.1 Å². The first-order valence-corrected chi connectivity index (χ1v) is 5.75. The molecule has 0 saturated carbocycles. The summed E-state index contributed by atoms with van der Waals surface area (Å²) in [5.41, 5.74) is 5.65. The fraction of sp³-hybridized carbons (Fsp3) is 0.125. The van der Waals surface area contributed by atoms with E-state index in [0.29, 0.717) is 20.5 Å². The SMILES string of the molecule is C[Se]c1ccc(C(N)=O)cc1. The van der Waals surface area contributed by atoms with E-state index in [1.165, 1.54) is 4.46 Å². The molecule has 0 aromatic heterocycles. The van der Waals surface area contributed by atoms with Crippen molar-refractivity contribution in [1.29, 1.82) is 0 Å². The van der Waals surface area contributed by atoms with Gasteiger partial charge in [0.15, 0.2) is 0 Å². The Morgan fingerprint density at radius 1 is 1.36 bits per heavy atom. The number of hydrogen-bond donors (Lipinski definition) is 1. The minimum absolute atomic E-state index is 0.361. The molecule has 2 N–H and O–H groups in total. The second kappa shape index (κ2) is 3.56. The number of hydrogen-bond acceptors (Lipinski definition) is 1. The molecule has 0 radical (unpaired) electrons. The van der Waals surface area contributed by atoms with Crippen LogP contribution in [0.1, 0.15) is 10.4 Å². The molecule has 0 aliphatic carbocycles. The van der Waals surface area contributed by atoms with Crippen molar-refractivity contribution in [3.05, 3.63) is 29.8 Å². The van der Waals surface area contributed by atoms with E-state index in [1.807, 2.05) is 12.1 Å². The van der Waals surface area contributed by atoms with Gasteiger partial charge in [0.1, 0.15) is 0 Å². The molecule has 58 valence electrons. The van der Waals surface area contributed by atoms with Crippen molar-refractivity contribution in [2.45, 2.75) is 5.82 Å². The van der Waals surface area contributed by atoms with E-state index in [1.54, 1.807) is 12.1 Å². The van der Waals surface area contributed by atoms with Crippen LogP contribution in [0.2, 0.25) is 5.82 Å². The van der Waals surface area contributed by atoms with Gasteiger partial charge in [-0.05, 0) is 0 Å². The Morgan fingerprint density at radius 2 is 1.91 bits per heavy atom. The number of primary amides is 1. The van der Waals surface area contributed by atoms with Crippen molar-refractivity contribution in [2.24, 2.45) is 5.73 Å². The predicted octanol–water partition coefficient (Wildman–Crippen LogP) is 0.163. The van der Waals surface area contributed by atoms with E-state index in [0.717, 1.165) is 0 Å². The van der Waals surface area contributed by atoms with E-state index >= 15 is 0 Å². The molecule has 3 heteroatoms. The molecule has 1 aromatic rings. The molecule has 1 aromatic carbocycles. The molecular formula is C8H9NOSe. The maximum atomic E-state index is 10.6. The molecule has 0 fully saturated rings. The Bertz CT molecular complexity index is 255. The molecule has 0 atom stereocenters. The average molecular weight is 214 g/mol. The third-order valence-electron chi connectivity index (χ3n) is 1.37. The van der Waals surface area contributed by atoms with Crippen LogP contribution in [0, 0.1) is 0 Å². The number of rotatable bonds is 2. The summed E-state index contributed by atoms with van der Waals surface area (Å²) >= 11 is 0.496. The zero-order valence-corrected chi connectivity index (χ0v) is 7.92. The van der Waals surface area contributed by atoms with Crippen LogP contribution in [-0.2, 0) is 0 Å². The summed E-state index contributed by atoms with van der Waals surface area (Å²) in [6, 6.07) is 7.42. The molecule has 0 heterocycles. The minimum atomic E-state index is -0.361. The molecule has 1 rings (SSSR count). The van der Waals surface area contributed by atoms with E-state index in [9.17, 15) is 4.79 Å². The third-order valence-corrected chi connectivity index (χ3v) is 2.93. The normalized spacial score (nSPS) is 9.55. The Balaban J connectivity index is 2.91. The van der Waals surface area contributed by atoms with Crippen molar-refractivity contribution in [2.75, 3.05) is 0 Å². The van der Waals surface area contributed by atoms with Gasteiger partial charge in [0.05, 0.1) is 0 Å². The summed E-state index contributed by atoms with van der Waals surface area (Å²) in [5.74, 6) is 1.77. The van der Waals surface area contributed by atoms with Crippen molar-refractivity contribution in [3.8, 4) is 0 Å². The molecule has 0 saturated heterocycles. The zero-order valence-electron chi connectivity index (χ0n) is 6.20. The summed E-state index contributed by atoms with van der Waals surface area (Å²) in [6.45, 7) is 0. The van der Waals surface area contributed by atoms with Crippen molar-refractivity contribution in [1.82, 2.24) is 0 Å². The van der Waals surface area contributed by atoms with E-state index < -0.39 is 0 Å². The van der Waals surface area contributed by atoms with Gasteiger partial charge in [-0.2, -0.15) is 0 Å². The van der Waals surface area contributed by atoms with Crippen LogP contribution >= 0.6 is 0 Å². The maximum absolute atomic E-state index is 10.6. The van der Waals surface area contributed by atoms with Crippen LogP contribution in [0.4, 0.5) is 0 Å². The number of benzene rings is 1.